The van der Waals surface area contributed by atoms with Crippen LogP contribution in [0.25, 0.3) is 0 Å². The van der Waals surface area contributed by atoms with Gasteiger partial charge in [-0.15, -0.1) is 0 Å². The molecule has 5 nitrogen and oxygen atoms in total. The van der Waals surface area contributed by atoms with Crippen LogP contribution in [0.2, 0.25) is 0 Å². The van der Waals surface area contributed by atoms with Crippen molar-refractivity contribution in [2.75, 3.05) is 18.0 Å². The number of nitrogens with zero attached hydrogens (tertiary/aromatic N) is 2. The van der Waals surface area contributed by atoms with E-state index in [0.717, 1.165) is 12.5 Å². The smallest absolute Gasteiger partial charge is 0.328 e. The Bertz CT molecular complexity index is 508. The number of halogens is 2. The van der Waals surface area contributed by atoms with E-state index in [1.807, 2.05) is 6.92 Å². The van der Waals surface area contributed by atoms with Crippen molar-refractivity contribution in [2.45, 2.75) is 19.4 Å². The molecular weight excluding hydrogens is 256 g/mol. The van der Waals surface area contributed by atoms with Crippen molar-refractivity contribution >= 4 is 11.4 Å². The van der Waals surface area contributed by atoms with Crippen molar-refractivity contribution in [1.82, 2.24) is 0 Å². The summed E-state index contributed by atoms with van der Waals surface area (Å²) in [4.78, 5) is 11.7. The molecule has 1 aromatic carbocycles. The molecule has 1 saturated heterocycles. The lowest BCUT2D eigenvalue weighted by molar-refractivity contribution is -0.386. The SMILES string of the molecule is CC(N)C1CCN(c2cc(F)cc(F)c2[N+](=O)[O-])C1. The molecule has 0 aliphatic carbocycles. The number of benzene rings is 1. The van der Waals surface area contributed by atoms with Crippen molar-refractivity contribution in [3.05, 3.63) is 33.9 Å². The zero-order chi connectivity index (χ0) is 14.2. The Morgan fingerprint density at radius 3 is 2.74 bits per heavy atom. The van der Waals surface area contributed by atoms with Gasteiger partial charge in [0.1, 0.15) is 11.5 Å². The van der Waals surface area contributed by atoms with Crippen LogP contribution in [0.5, 0.6) is 0 Å². The van der Waals surface area contributed by atoms with Crippen LogP contribution in [0, 0.1) is 27.7 Å². The van der Waals surface area contributed by atoms with Crippen LogP contribution in [0.15, 0.2) is 12.1 Å². The van der Waals surface area contributed by atoms with E-state index in [4.69, 9.17) is 5.73 Å². The maximum Gasteiger partial charge on any atom is 0.328 e. The lowest BCUT2D eigenvalue weighted by Crippen LogP contribution is -2.30. The highest BCUT2D eigenvalue weighted by atomic mass is 19.1. The number of nitro benzene ring substituents is 1. The maximum absolute atomic E-state index is 13.5. The molecule has 2 unspecified atom stereocenters. The standard InChI is InChI=1S/C12H15F2N3O2/c1-7(15)8-2-3-16(6-8)11-5-9(13)4-10(14)12(11)17(18)19/h4-5,7-8H,2-3,6,15H2,1H3. The zero-order valence-corrected chi connectivity index (χ0v) is 10.5. The second kappa shape index (κ2) is 5.08. The summed E-state index contributed by atoms with van der Waals surface area (Å²) in [6.45, 7) is 2.84. The molecule has 7 heteroatoms. The van der Waals surface area contributed by atoms with E-state index in [-0.39, 0.29) is 17.6 Å². The highest BCUT2D eigenvalue weighted by Gasteiger charge is 2.32. The fraction of sp³-hybridized carbons (Fsp3) is 0.500. The highest BCUT2D eigenvalue weighted by Crippen LogP contribution is 2.35. The molecule has 1 aliphatic rings. The predicted octanol–water partition coefficient (Wildman–Crippen LogP) is 2.05. The van der Waals surface area contributed by atoms with Gasteiger partial charge in [-0.05, 0) is 19.3 Å². The predicted molar refractivity (Wildman–Crippen MR) is 67.0 cm³/mol. The first-order valence-corrected chi connectivity index (χ1v) is 6.04. The Labute approximate surface area is 109 Å². The quantitative estimate of drug-likeness (QED) is 0.674. The number of anilines is 1. The largest absolute Gasteiger partial charge is 0.365 e. The molecule has 2 atom stereocenters. The van der Waals surface area contributed by atoms with Crippen LogP contribution in [0.3, 0.4) is 0 Å². The van der Waals surface area contributed by atoms with E-state index in [0.29, 0.717) is 19.2 Å². The van der Waals surface area contributed by atoms with Crippen LogP contribution in [0.1, 0.15) is 13.3 Å². The molecule has 104 valence electrons. The summed E-state index contributed by atoms with van der Waals surface area (Å²) in [6, 6.07) is 1.48. The van der Waals surface area contributed by atoms with E-state index in [9.17, 15) is 18.9 Å². The molecule has 2 rings (SSSR count). The number of nitro groups is 1. The molecular formula is C12H15F2N3O2. The molecule has 19 heavy (non-hydrogen) atoms. The molecule has 1 heterocycles. The average Bonchev–Trinajstić information content (AvgIpc) is 2.76. The summed E-state index contributed by atoms with van der Waals surface area (Å²) in [6.07, 6.45) is 0.757. The summed E-state index contributed by atoms with van der Waals surface area (Å²) >= 11 is 0. The maximum atomic E-state index is 13.5. The summed E-state index contributed by atoms with van der Waals surface area (Å²) in [5, 5.41) is 10.9. The molecule has 1 fully saturated rings. The van der Waals surface area contributed by atoms with Gasteiger partial charge in [0.25, 0.3) is 0 Å². The first kappa shape index (κ1) is 13.7. The van der Waals surface area contributed by atoms with Crippen LogP contribution < -0.4 is 10.6 Å². The van der Waals surface area contributed by atoms with Crippen molar-refractivity contribution in [2.24, 2.45) is 11.7 Å². The first-order valence-electron chi connectivity index (χ1n) is 6.04. The Morgan fingerprint density at radius 1 is 1.53 bits per heavy atom. The third-order valence-corrected chi connectivity index (χ3v) is 3.50. The molecule has 0 amide bonds. The summed E-state index contributed by atoms with van der Waals surface area (Å²) < 4.78 is 26.8. The van der Waals surface area contributed by atoms with Crippen molar-refractivity contribution in [1.29, 1.82) is 0 Å². The monoisotopic (exact) mass is 271 g/mol. The normalized spacial score (nSPS) is 20.6. The lowest BCUT2D eigenvalue weighted by atomic mass is 10.0. The van der Waals surface area contributed by atoms with Gasteiger partial charge in [-0.1, -0.05) is 0 Å². The Kier molecular flexibility index (Phi) is 3.66. The molecule has 0 spiro atoms. The molecule has 0 saturated carbocycles. The molecule has 0 radical (unpaired) electrons. The number of hydrogen-bond acceptors (Lipinski definition) is 4. The van der Waals surface area contributed by atoms with Gasteiger partial charge in [0.15, 0.2) is 0 Å². The van der Waals surface area contributed by atoms with E-state index in [1.165, 1.54) is 0 Å². The highest BCUT2D eigenvalue weighted by molar-refractivity contribution is 5.64. The second-order valence-electron chi connectivity index (χ2n) is 4.87. The fourth-order valence-electron chi connectivity index (χ4n) is 2.41. The number of rotatable bonds is 3. The first-order chi connectivity index (χ1) is 8.90. The van der Waals surface area contributed by atoms with Gasteiger partial charge in [-0.2, -0.15) is 4.39 Å². The summed E-state index contributed by atoms with van der Waals surface area (Å²) in [5.74, 6) is -1.79. The Morgan fingerprint density at radius 2 is 2.21 bits per heavy atom. The minimum absolute atomic E-state index is 0.00866. The molecule has 0 aromatic heterocycles. The van der Waals surface area contributed by atoms with Crippen molar-refractivity contribution in [3.8, 4) is 0 Å². The van der Waals surface area contributed by atoms with Crippen LogP contribution in [-0.4, -0.2) is 24.1 Å². The minimum atomic E-state index is -1.15. The minimum Gasteiger partial charge on any atom is -0.365 e. The topological polar surface area (TPSA) is 72.4 Å². The Balaban J connectivity index is 2.37. The van der Waals surface area contributed by atoms with E-state index in [1.54, 1.807) is 4.90 Å². The van der Waals surface area contributed by atoms with Crippen molar-refractivity contribution < 1.29 is 13.7 Å². The van der Waals surface area contributed by atoms with Gasteiger partial charge in [-0.25, -0.2) is 4.39 Å². The summed E-state index contributed by atoms with van der Waals surface area (Å²) in [7, 11) is 0. The van der Waals surface area contributed by atoms with Gasteiger partial charge in [-0.3, -0.25) is 10.1 Å². The third kappa shape index (κ3) is 2.65. The van der Waals surface area contributed by atoms with Crippen LogP contribution in [-0.2, 0) is 0 Å². The lowest BCUT2D eigenvalue weighted by Gasteiger charge is -2.20. The zero-order valence-electron chi connectivity index (χ0n) is 10.5. The van der Waals surface area contributed by atoms with Gasteiger partial charge in [0, 0.05) is 31.3 Å². The summed E-state index contributed by atoms with van der Waals surface area (Å²) in [5.41, 5.74) is 5.10. The third-order valence-electron chi connectivity index (χ3n) is 3.50. The van der Waals surface area contributed by atoms with E-state index in [2.05, 4.69) is 0 Å². The van der Waals surface area contributed by atoms with Crippen LogP contribution in [0.4, 0.5) is 20.2 Å². The molecule has 2 N–H and O–H groups in total. The molecule has 1 aliphatic heterocycles. The average molecular weight is 271 g/mol. The van der Waals surface area contributed by atoms with Crippen molar-refractivity contribution in [3.63, 3.8) is 0 Å². The molecule has 0 bridgehead atoms. The second-order valence-corrected chi connectivity index (χ2v) is 4.87. The van der Waals surface area contributed by atoms with Gasteiger partial charge >= 0.3 is 5.69 Å². The van der Waals surface area contributed by atoms with E-state index < -0.39 is 22.2 Å². The number of nitrogens with two attached hydrogens (primary N) is 1. The molecule has 1 aromatic rings. The van der Waals surface area contributed by atoms with Crippen LogP contribution >= 0.6 is 0 Å². The number of hydrogen-bond donors (Lipinski definition) is 1. The van der Waals surface area contributed by atoms with Gasteiger partial charge in [0.2, 0.25) is 5.82 Å². The van der Waals surface area contributed by atoms with Gasteiger partial charge in [0.05, 0.1) is 4.92 Å². The van der Waals surface area contributed by atoms with Gasteiger partial charge < -0.3 is 10.6 Å². The fourth-order valence-corrected chi connectivity index (χ4v) is 2.41. The van der Waals surface area contributed by atoms with E-state index >= 15 is 0 Å². The Hall–Kier alpha value is -1.76.